The van der Waals surface area contributed by atoms with Gasteiger partial charge in [0.1, 0.15) is 0 Å². The number of aliphatic imine (C=N–C) groups is 1. The van der Waals surface area contributed by atoms with Crippen molar-refractivity contribution in [3.8, 4) is 11.5 Å². The van der Waals surface area contributed by atoms with Gasteiger partial charge in [0, 0.05) is 32.1 Å². The number of benzene rings is 1. The smallest absolute Gasteiger partial charge is 0.257 e. The van der Waals surface area contributed by atoms with Gasteiger partial charge < -0.3 is 15.2 Å². The first kappa shape index (κ1) is 16.7. The lowest BCUT2D eigenvalue weighted by Gasteiger charge is -2.10. The van der Waals surface area contributed by atoms with Gasteiger partial charge in [0.25, 0.3) is 5.89 Å². The number of aromatic nitrogens is 2. The fourth-order valence-corrected chi connectivity index (χ4v) is 2.04. The second kappa shape index (κ2) is 8.73. The number of nitrogens with zero attached hydrogens (tertiary/aromatic N) is 3. The van der Waals surface area contributed by atoms with Crippen LogP contribution in [0.4, 0.5) is 0 Å². The van der Waals surface area contributed by atoms with Crippen LogP contribution in [0, 0.1) is 0 Å². The summed E-state index contributed by atoms with van der Waals surface area (Å²) in [5.74, 6) is 2.08. The van der Waals surface area contributed by atoms with Crippen LogP contribution in [0.1, 0.15) is 18.3 Å². The molecule has 1 aromatic carbocycles. The molecular formula is C17H23N5O. The molecule has 0 bridgehead atoms. The molecule has 0 atom stereocenters. The summed E-state index contributed by atoms with van der Waals surface area (Å²) < 4.78 is 5.24. The van der Waals surface area contributed by atoms with E-state index in [-0.39, 0.29) is 0 Å². The molecule has 0 aliphatic carbocycles. The SMILES string of the molecule is C=CCNC(=NC)NCCc1ccc(-c2nc(CC)no2)cc1. The molecule has 23 heavy (non-hydrogen) atoms. The quantitative estimate of drug-likeness (QED) is 0.465. The average molecular weight is 313 g/mol. The van der Waals surface area contributed by atoms with Crippen molar-refractivity contribution in [3.05, 3.63) is 48.3 Å². The van der Waals surface area contributed by atoms with Gasteiger partial charge in [-0.15, -0.1) is 6.58 Å². The van der Waals surface area contributed by atoms with E-state index in [0.717, 1.165) is 36.7 Å². The predicted molar refractivity (Wildman–Crippen MR) is 92.4 cm³/mol. The van der Waals surface area contributed by atoms with Crippen LogP contribution < -0.4 is 10.6 Å². The van der Waals surface area contributed by atoms with Crippen molar-refractivity contribution in [3.63, 3.8) is 0 Å². The summed E-state index contributed by atoms with van der Waals surface area (Å²) in [6.45, 7) is 7.17. The molecule has 0 spiro atoms. The zero-order valence-electron chi connectivity index (χ0n) is 13.7. The van der Waals surface area contributed by atoms with E-state index in [2.05, 4.69) is 44.5 Å². The first-order chi connectivity index (χ1) is 11.3. The van der Waals surface area contributed by atoms with Crippen molar-refractivity contribution in [2.24, 2.45) is 4.99 Å². The van der Waals surface area contributed by atoms with E-state index >= 15 is 0 Å². The summed E-state index contributed by atoms with van der Waals surface area (Å²) >= 11 is 0. The minimum Gasteiger partial charge on any atom is -0.356 e. The van der Waals surface area contributed by atoms with E-state index < -0.39 is 0 Å². The Balaban J connectivity index is 1.86. The van der Waals surface area contributed by atoms with Gasteiger partial charge in [-0.3, -0.25) is 4.99 Å². The van der Waals surface area contributed by atoms with Crippen LogP contribution >= 0.6 is 0 Å². The number of guanidine groups is 1. The standard InChI is InChI=1S/C17H23N5O/c1-4-11-19-17(18-3)20-12-10-13-6-8-14(9-7-13)16-21-15(5-2)22-23-16/h4,6-9H,1,5,10-12H2,2-3H3,(H2,18,19,20). The monoisotopic (exact) mass is 313 g/mol. The molecule has 2 rings (SSSR count). The van der Waals surface area contributed by atoms with Gasteiger partial charge in [-0.25, -0.2) is 0 Å². The highest BCUT2D eigenvalue weighted by molar-refractivity contribution is 5.79. The maximum absolute atomic E-state index is 5.24. The Bertz CT molecular complexity index is 645. The van der Waals surface area contributed by atoms with Crippen molar-refractivity contribution >= 4 is 5.96 Å². The van der Waals surface area contributed by atoms with E-state index in [9.17, 15) is 0 Å². The molecule has 1 heterocycles. The van der Waals surface area contributed by atoms with Crippen LogP contribution in [0.25, 0.3) is 11.5 Å². The molecule has 2 N–H and O–H groups in total. The van der Waals surface area contributed by atoms with Gasteiger partial charge in [0.05, 0.1) is 0 Å². The highest BCUT2D eigenvalue weighted by atomic mass is 16.5. The first-order valence-electron chi connectivity index (χ1n) is 7.74. The van der Waals surface area contributed by atoms with Gasteiger partial charge in [-0.05, 0) is 24.1 Å². The molecule has 0 unspecified atom stereocenters. The number of hydrogen-bond donors (Lipinski definition) is 2. The van der Waals surface area contributed by atoms with Gasteiger partial charge >= 0.3 is 0 Å². The molecule has 0 saturated heterocycles. The molecule has 122 valence electrons. The molecule has 0 amide bonds. The first-order valence-corrected chi connectivity index (χ1v) is 7.74. The molecule has 0 aliphatic rings. The molecule has 0 saturated carbocycles. The van der Waals surface area contributed by atoms with E-state index in [1.165, 1.54) is 5.56 Å². The zero-order valence-corrected chi connectivity index (χ0v) is 13.7. The summed E-state index contributed by atoms with van der Waals surface area (Å²) in [7, 11) is 1.75. The van der Waals surface area contributed by atoms with Crippen LogP contribution in [-0.2, 0) is 12.8 Å². The van der Waals surface area contributed by atoms with Crippen LogP contribution in [-0.4, -0.2) is 36.2 Å². The van der Waals surface area contributed by atoms with E-state index in [1.807, 2.05) is 19.1 Å². The Labute approximate surface area is 136 Å². The lowest BCUT2D eigenvalue weighted by Crippen LogP contribution is -2.38. The van der Waals surface area contributed by atoms with Crippen LogP contribution in [0.3, 0.4) is 0 Å². The largest absolute Gasteiger partial charge is 0.356 e. The fraction of sp³-hybridized carbons (Fsp3) is 0.353. The Kier molecular flexibility index (Phi) is 6.35. The topological polar surface area (TPSA) is 75.3 Å². The summed E-state index contributed by atoms with van der Waals surface area (Å²) in [6, 6.07) is 8.17. The fourth-order valence-electron chi connectivity index (χ4n) is 2.04. The van der Waals surface area contributed by atoms with Crippen molar-refractivity contribution < 1.29 is 4.52 Å². The normalized spacial score (nSPS) is 11.3. The molecule has 6 heteroatoms. The Hall–Kier alpha value is -2.63. The summed E-state index contributed by atoms with van der Waals surface area (Å²) in [4.78, 5) is 8.47. The van der Waals surface area contributed by atoms with E-state index in [0.29, 0.717) is 12.4 Å². The molecular weight excluding hydrogens is 290 g/mol. The lowest BCUT2D eigenvalue weighted by molar-refractivity contribution is 0.423. The maximum atomic E-state index is 5.24. The summed E-state index contributed by atoms with van der Waals surface area (Å²) in [5, 5.41) is 10.3. The third-order valence-electron chi connectivity index (χ3n) is 3.33. The number of hydrogen-bond acceptors (Lipinski definition) is 4. The second-order valence-electron chi connectivity index (χ2n) is 4.98. The summed E-state index contributed by atoms with van der Waals surface area (Å²) in [6.07, 6.45) is 3.47. The number of rotatable bonds is 7. The lowest BCUT2D eigenvalue weighted by atomic mass is 10.1. The second-order valence-corrected chi connectivity index (χ2v) is 4.98. The van der Waals surface area contributed by atoms with Gasteiger partial charge in [0.2, 0.25) is 0 Å². The van der Waals surface area contributed by atoms with Gasteiger partial charge in [0.15, 0.2) is 11.8 Å². The molecule has 6 nitrogen and oxygen atoms in total. The molecule has 2 aromatic rings. The summed E-state index contributed by atoms with van der Waals surface area (Å²) in [5.41, 5.74) is 2.17. The molecule has 0 fully saturated rings. The van der Waals surface area contributed by atoms with Crippen LogP contribution in [0.2, 0.25) is 0 Å². The van der Waals surface area contributed by atoms with E-state index in [4.69, 9.17) is 4.52 Å². The van der Waals surface area contributed by atoms with Crippen molar-refractivity contribution in [2.75, 3.05) is 20.1 Å². The Morgan fingerprint density at radius 1 is 1.30 bits per heavy atom. The highest BCUT2D eigenvalue weighted by Crippen LogP contribution is 2.18. The number of aryl methyl sites for hydroxylation is 1. The Morgan fingerprint density at radius 3 is 2.70 bits per heavy atom. The third-order valence-corrected chi connectivity index (χ3v) is 3.33. The van der Waals surface area contributed by atoms with Crippen molar-refractivity contribution in [1.82, 2.24) is 20.8 Å². The maximum Gasteiger partial charge on any atom is 0.257 e. The van der Waals surface area contributed by atoms with Gasteiger partial charge in [-0.1, -0.05) is 30.3 Å². The zero-order chi connectivity index (χ0) is 16.5. The Morgan fingerprint density at radius 2 is 2.09 bits per heavy atom. The van der Waals surface area contributed by atoms with Crippen LogP contribution in [0.15, 0.2) is 46.4 Å². The minimum absolute atomic E-state index is 0.570. The van der Waals surface area contributed by atoms with E-state index in [1.54, 1.807) is 13.1 Å². The molecule has 0 radical (unpaired) electrons. The minimum atomic E-state index is 0.570. The molecule has 0 aliphatic heterocycles. The van der Waals surface area contributed by atoms with Crippen LogP contribution in [0.5, 0.6) is 0 Å². The number of nitrogens with one attached hydrogen (secondary N) is 2. The average Bonchev–Trinajstić information content (AvgIpc) is 3.07. The van der Waals surface area contributed by atoms with Gasteiger partial charge in [-0.2, -0.15) is 4.98 Å². The highest BCUT2D eigenvalue weighted by Gasteiger charge is 2.07. The third kappa shape index (κ3) is 4.95. The molecule has 1 aromatic heterocycles. The predicted octanol–water partition coefficient (Wildman–Crippen LogP) is 2.19. The van der Waals surface area contributed by atoms with Crippen molar-refractivity contribution in [2.45, 2.75) is 19.8 Å². The van der Waals surface area contributed by atoms with Crippen molar-refractivity contribution in [1.29, 1.82) is 0 Å².